The second-order valence-electron chi connectivity index (χ2n) is 8.55. The molecule has 3 N–H and O–H groups in total. The third kappa shape index (κ3) is 3.75. The SMILES string of the molecule is NC(=O)c1nn(CC(=O)N2[C@@H]3C[C@@H]3C[C@H]2C(=O)NCC2CC2(Cl)Cl)c2ccc(Cl)cc12. The van der Waals surface area contributed by atoms with E-state index in [2.05, 4.69) is 10.4 Å². The molecule has 0 spiro atoms. The number of nitrogens with one attached hydrogen (secondary N) is 1. The van der Waals surface area contributed by atoms with Crippen molar-refractivity contribution in [1.82, 2.24) is 20.0 Å². The molecule has 1 unspecified atom stereocenters. The van der Waals surface area contributed by atoms with Gasteiger partial charge in [-0.3, -0.25) is 19.1 Å². The van der Waals surface area contributed by atoms with Gasteiger partial charge in [-0.15, -0.1) is 23.2 Å². The number of rotatable bonds is 6. The van der Waals surface area contributed by atoms with E-state index in [4.69, 9.17) is 40.5 Å². The summed E-state index contributed by atoms with van der Waals surface area (Å²) in [5.74, 6) is -0.735. The molecule has 0 bridgehead atoms. The molecule has 2 heterocycles. The number of alkyl halides is 2. The van der Waals surface area contributed by atoms with Crippen molar-refractivity contribution in [2.45, 2.75) is 42.2 Å². The second-order valence-corrected chi connectivity index (χ2v) is 10.5. The van der Waals surface area contributed by atoms with E-state index in [1.807, 2.05) is 0 Å². The summed E-state index contributed by atoms with van der Waals surface area (Å²) in [6.45, 7) is 0.291. The molecule has 164 valence electrons. The molecular formula is C20H20Cl3N5O3. The third-order valence-electron chi connectivity index (χ3n) is 6.40. The van der Waals surface area contributed by atoms with Gasteiger partial charge in [-0.1, -0.05) is 11.6 Å². The maximum atomic E-state index is 13.2. The molecule has 1 saturated heterocycles. The van der Waals surface area contributed by atoms with Crippen LogP contribution in [0.3, 0.4) is 0 Å². The van der Waals surface area contributed by atoms with Crippen LogP contribution in [-0.4, -0.2) is 55.4 Å². The minimum Gasteiger partial charge on any atom is -0.364 e. The van der Waals surface area contributed by atoms with E-state index in [1.54, 1.807) is 23.1 Å². The van der Waals surface area contributed by atoms with Gasteiger partial charge in [-0.2, -0.15) is 5.10 Å². The zero-order chi connectivity index (χ0) is 22.1. The maximum Gasteiger partial charge on any atom is 0.269 e. The number of fused-ring (bicyclic) bond motifs is 2. The summed E-state index contributed by atoms with van der Waals surface area (Å²) in [5, 5.41) is 8.05. The van der Waals surface area contributed by atoms with E-state index < -0.39 is 16.3 Å². The molecule has 0 radical (unpaired) electrons. The molecule has 3 fully saturated rings. The van der Waals surface area contributed by atoms with Gasteiger partial charge >= 0.3 is 0 Å². The first-order valence-electron chi connectivity index (χ1n) is 10.1. The smallest absolute Gasteiger partial charge is 0.269 e. The van der Waals surface area contributed by atoms with Gasteiger partial charge < -0.3 is 16.0 Å². The number of piperidine rings is 1. The summed E-state index contributed by atoms with van der Waals surface area (Å²) >= 11 is 18.1. The monoisotopic (exact) mass is 483 g/mol. The van der Waals surface area contributed by atoms with Crippen LogP contribution in [0.5, 0.6) is 0 Å². The van der Waals surface area contributed by atoms with Gasteiger partial charge in [0.15, 0.2) is 5.69 Å². The number of carbonyl (C=O) groups excluding carboxylic acids is 3. The van der Waals surface area contributed by atoms with Gasteiger partial charge in [-0.25, -0.2) is 0 Å². The predicted octanol–water partition coefficient (Wildman–Crippen LogP) is 2.09. The highest BCUT2D eigenvalue weighted by Gasteiger charge is 2.56. The Labute approximate surface area is 192 Å². The lowest BCUT2D eigenvalue weighted by Gasteiger charge is -2.27. The minimum absolute atomic E-state index is 0.0364. The average molecular weight is 485 g/mol. The quantitative estimate of drug-likeness (QED) is 0.612. The molecule has 1 aromatic carbocycles. The fourth-order valence-electron chi connectivity index (χ4n) is 4.55. The highest BCUT2D eigenvalue weighted by Crippen LogP contribution is 2.53. The Morgan fingerprint density at radius 1 is 1.26 bits per heavy atom. The third-order valence-corrected chi connectivity index (χ3v) is 7.57. The van der Waals surface area contributed by atoms with E-state index in [0.29, 0.717) is 41.2 Å². The first-order chi connectivity index (χ1) is 14.7. The summed E-state index contributed by atoms with van der Waals surface area (Å²) in [7, 11) is 0. The van der Waals surface area contributed by atoms with Crippen LogP contribution in [0.15, 0.2) is 18.2 Å². The summed E-state index contributed by atoms with van der Waals surface area (Å²) in [6, 6.07) is 4.49. The van der Waals surface area contributed by atoms with Crippen LogP contribution in [-0.2, 0) is 16.1 Å². The lowest BCUT2D eigenvalue weighted by Crippen LogP contribution is -2.49. The van der Waals surface area contributed by atoms with Crippen molar-refractivity contribution in [2.24, 2.45) is 17.6 Å². The topological polar surface area (TPSA) is 110 Å². The van der Waals surface area contributed by atoms with Gasteiger partial charge in [0, 0.05) is 28.9 Å². The number of halogens is 3. The van der Waals surface area contributed by atoms with Crippen LogP contribution in [0, 0.1) is 11.8 Å². The zero-order valence-electron chi connectivity index (χ0n) is 16.4. The maximum absolute atomic E-state index is 13.2. The summed E-state index contributed by atoms with van der Waals surface area (Å²) < 4.78 is 0.682. The summed E-state index contributed by atoms with van der Waals surface area (Å²) in [5.41, 5.74) is 6.08. The molecule has 2 aromatic rings. The van der Waals surface area contributed by atoms with Gasteiger partial charge in [0.05, 0.1) is 5.52 Å². The van der Waals surface area contributed by atoms with Crippen molar-refractivity contribution >= 4 is 63.4 Å². The molecule has 3 aliphatic rings. The molecule has 11 heteroatoms. The fraction of sp³-hybridized carbons (Fsp3) is 0.500. The molecule has 31 heavy (non-hydrogen) atoms. The lowest BCUT2D eigenvalue weighted by atomic mass is 10.1. The Morgan fingerprint density at radius 3 is 2.68 bits per heavy atom. The van der Waals surface area contributed by atoms with Crippen molar-refractivity contribution in [3.05, 3.63) is 28.9 Å². The number of carbonyl (C=O) groups is 3. The first kappa shape index (κ1) is 20.8. The van der Waals surface area contributed by atoms with Gasteiger partial charge in [0.2, 0.25) is 11.8 Å². The molecule has 1 aromatic heterocycles. The molecule has 3 amide bonds. The van der Waals surface area contributed by atoms with E-state index in [0.717, 1.165) is 6.42 Å². The Bertz CT molecular complexity index is 1120. The van der Waals surface area contributed by atoms with Crippen molar-refractivity contribution in [1.29, 1.82) is 0 Å². The molecule has 5 rings (SSSR count). The summed E-state index contributed by atoms with van der Waals surface area (Å²) in [6.07, 6.45) is 2.18. The second kappa shape index (κ2) is 7.25. The van der Waals surface area contributed by atoms with Crippen molar-refractivity contribution in [3.63, 3.8) is 0 Å². The largest absolute Gasteiger partial charge is 0.364 e. The molecule has 1 aliphatic heterocycles. The normalized spacial score (nSPS) is 27.8. The zero-order valence-corrected chi connectivity index (χ0v) is 18.6. The number of amides is 3. The Balaban J connectivity index is 1.33. The van der Waals surface area contributed by atoms with E-state index >= 15 is 0 Å². The number of nitrogens with zero attached hydrogens (tertiary/aromatic N) is 3. The highest BCUT2D eigenvalue weighted by molar-refractivity contribution is 6.50. The van der Waals surface area contributed by atoms with E-state index in [9.17, 15) is 14.4 Å². The fourth-order valence-corrected chi connectivity index (χ4v) is 5.24. The Kier molecular flexibility index (Phi) is 4.88. The highest BCUT2D eigenvalue weighted by atomic mass is 35.5. The summed E-state index contributed by atoms with van der Waals surface area (Å²) in [4.78, 5) is 39.4. The lowest BCUT2D eigenvalue weighted by molar-refractivity contribution is -0.140. The van der Waals surface area contributed by atoms with Crippen LogP contribution < -0.4 is 11.1 Å². The van der Waals surface area contributed by atoms with Crippen LogP contribution in [0.4, 0.5) is 0 Å². The number of nitrogens with two attached hydrogens (primary N) is 1. The Morgan fingerprint density at radius 2 is 2.00 bits per heavy atom. The van der Waals surface area contributed by atoms with Crippen LogP contribution in [0.2, 0.25) is 5.02 Å². The molecule has 4 atom stereocenters. The number of hydrogen-bond acceptors (Lipinski definition) is 4. The number of likely N-dealkylation sites (tertiary alicyclic amines) is 1. The molecule has 8 nitrogen and oxygen atoms in total. The van der Waals surface area contributed by atoms with Crippen molar-refractivity contribution in [2.75, 3.05) is 6.54 Å². The minimum atomic E-state index is -0.761. The average Bonchev–Trinajstić information content (AvgIpc) is 3.49. The first-order valence-corrected chi connectivity index (χ1v) is 11.2. The predicted molar refractivity (Wildman–Crippen MR) is 116 cm³/mol. The Hall–Kier alpha value is -2.03. The standard InChI is InChI=1S/C20H20Cl3N5O3/c21-11-1-2-13-12(5-11)17(18(24)30)26-27(13)8-16(29)28-14-3-9(14)4-15(28)19(31)25-7-10-6-20(10,22)23/h1-2,5,9-10,14-15H,3-4,6-8H2,(H2,24,30)(H,25,31)/t9-,10?,14-,15+/m1/s1. The van der Waals surface area contributed by atoms with E-state index in [1.165, 1.54) is 4.68 Å². The van der Waals surface area contributed by atoms with Gasteiger partial charge in [0.1, 0.15) is 16.9 Å². The van der Waals surface area contributed by atoms with Crippen LogP contribution in [0.1, 0.15) is 29.8 Å². The number of aromatic nitrogens is 2. The van der Waals surface area contributed by atoms with Gasteiger partial charge in [-0.05, 0) is 43.4 Å². The number of primary amides is 1. The van der Waals surface area contributed by atoms with Crippen LogP contribution >= 0.6 is 34.8 Å². The van der Waals surface area contributed by atoms with Crippen molar-refractivity contribution < 1.29 is 14.4 Å². The molecule has 2 saturated carbocycles. The van der Waals surface area contributed by atoms with Crippen molar-refractivity contribution in [3.8, 4) is 0 Å². The molecular weight excluding hydrogens is 465 g/mol. The van der Waals surface area contributed by atoms with E-state index in [-0.39, 0.29) is 36.0 Å². The number of hydrogen-bond donors (Lipinski definition) is 2. The number of benzene rings is 1. The molecule has 2 aliphatic carbocycles. The van der Waals surface area contributed by atoms with Crippen LogP contribution in [0.25, 0.3) is 10.9 Å². The van der Waals surface area contributed by atoms with Gasteiger partial charge in [0.25, 0.3) is 5.91 Å².